The average Bonchev–Trinajstić information content (AvgIpc) is 2.09. The molecule has 0 spiro atoms. The lowest BCUT2D eigenvalue weighted by Crippen LogP contribution is -2.50. The van der Waals surface area contributed by atoms with Crippen molar-refractivity contribution in [3.8, 4) is 0 Å². The summed E-state index contributed by atoms with van der Waals surface area (Å²) in [5.74, 6) is -2.77. The molecule has 0 aromatic carbocycles. The number of hydrogen-bond acceptors (Lipinski definition) is 3. The lowest BCUT2D eigenvalue weighted by molar-refractivity contribution is -0.0704. The van der Waals surface area contributed by atoms with E-state index < -0.39 is 12.5 Å². The number of nitrogens with zero attached hydrogens (tertiary/aromatic N) is 1. The Morgan fingerprint density at radius 1 is 1.62 bits per heavy atom. The second kappa shape index (κ2) is 4.30. The molecule has 0 aromatic heterocycles. The maximum atomic E-state index is 12.9. The number of hydrogen-bond donors (Lipinski definition) is 1. The van der Waals surface area contributed by atoms with E-state index in [9.17, 15) is 8.78 Å². The van der Waals surface area contributed by atoms with Gasteiger partial charge in [-0.3, -0.25) is 4.90 Å². The second-order valence-corrected chi connectivity index (χ2v) is 3.45. The van der Waals surface area contributed by atoms with Gasteiger partial charge in [-0.05, 0) is 6.92 Å². The fourth-order valence-electron chi connectivity index (χ4n) is 1.36. The molecule has 0 bridgehead atoms. The molecule has 1 atom stereocenters. The molecule has 0 radical (unpaired) electrons. The predicted molar refractivity (Wildman–Crippen MR) is 45.9 cm³/mol. The summed E-state index contributed by atoms with van der Waals surface area (Å²) in [4.78, 5) is 1.72. The van der Waals surface area contributed by atoms with Crippen LogP contribution in [0.15, 0.2) is 0 Å². The highest BCUT2D eigenvalue weighted by atomic mass is 19.3. The minimum Gasteiger partial charge on any atom is -0.379 e. The summed E-state index contributed by atoms with van der Waals surface area (Å²) in [6, 6.07) is 0.0613. The molecule has 0 aromatic rings. The summed E-state index contributed by atoms with van der Waals surface area (Å²) in [6.07, 6.45) is 0. The van der Waals surface area contributed by atoms with Crippen molar-refractivity contribution >= 4 is 0 Å². The van der Waals surface area contributed by atoms with Crippen LogP contribution >= 0.6 is 0 Å². The fraction of sp³-hybridized carbons (Fsp3) is 1.00. The van der Waals surface area contributed by atoms with Gasteiger partial charge in [0.1, 0.15) is 0 Å². The highest BCUT2D eigenvalue weighted by Gasteiger charge is 2.32. The zero-order valence-electron chi connectivity index (χ0n) is 7.80. The molecule has 0 saturated carbocycles. The van der Waals surface area contributed by atoms with Crippen LogP contribution in [0.2, 0.25) is 0 Å². The van der Waals surface area contributed by atoms with Gasteiger partial charge in [-0.2, -0.15) is 0 Å². The summed E-state index contributed by atoms with van der Waals surface area (Å²) in [5, 5.41) is 0. The van der Waals surface area contributed by atoms with Crippen LogP contribution in [0.5, 0.6) is 0 Å². The molecule has 1 rings (SSSR count). The molecular formula is C8H16F2N2O. The van der Waals surface area contributed by atoms with Gasteiger partial charge in [0.2, 0.25) is 0 Å². The highest BCUT2D eigenvalue weighted by Crippen LogP contribution is 2.16. The van der Waals surface area contributed by atoms with Crippen LogP contribution in [0, 0.1) is 0 Å². The van der Waals surface area contributed by atoms with Crippen molar-refractivity contribution in [3.05, 3.63) is 0 Å². The third-order valence-electron chi connectivity index (χ3n) is 2.24. The predicted octanol–water partition coefficient (Wildman–Crippen LogP) is 0.301. The first kappa shape index (κ1) is 10.8. The van der Waals surface area contributed by atoms with Gasteiger partial charge in [0, 0.05) is 12.6 Å². The molecule has 5 heteroatoms. The summed E-state index contributed by atoms with van der Waals surface area (Å²) in [5.41, 5.74) is 4.96. The molecule has 1 unspecified atom stereocenters. The first-order valence-corrected chi connectivity index (χ1v) is 4.45. The van der Waals surface area contributed by atoms with Crippen molar-refractivity contribution in [1.29, 1.82) is 0 Å². The number of ether oxygens (including phenoxy) is 1. The number of morpholine rings is 1. The standard InChI is InChI=1S/C8H16F2N2O/c1-7-4-13-3-2-12(7)6-8(9,10)5-11/h7H,2-6,11H2,1H3. The van der Waals surface area contributed by atoms with Crippen molar-refractivity contribution in [2.45, 2.75) is 18.9 Å². The van der Waals surface area contributed by atoms with Crippen molar-refractivity contribution in [1.82, 2.24) is 4.90 Å². The van der Waals surface area contributed by atoms with E-state index in [1.54, 1.807) is 4.90 Å². The van der Waals surface area contributed by atoms with Gasteiger partial charge < -0.3 is 10.5 Å². The molecule has 1 heterocycles. The van der Waals surface area contributed by atoms with Gasteiger partial charge in [-0.25, -0.2) is 8.78 Å². The van der Waals surface area contributed by atoms with Gasteiger partial charge in [0.25, 0.3) is 5.92 Å². The third-order valence-corrected chi connectivity index (χ3v) is 2.24. The maximum Gasteiger partial charge on any atom is 0.272 e. The molecule has 1 aliphatic heterocycles. The third kappa shape index (κ3) is 3.17. The first-order chi connectivity index (χ1) is 6.05. The Morgan fingerprint density at radius 2 is 2.31 bits per heavy atom. The summed E-state index contributed by atoms with van der Waals surface area (Å²) in [6.45, 7) is 2.67. The van der Waals surface area contributed by atoms with E-state index in [1.807, 2.05) is 6.92 Å². The molecule has 0 amide bonds. The first-order valence-electron chi connectivity index (χ1n) is 4.45. The minimum absolute atomic E-state index is 0.0613. The Labute approximate surface area is 76.8 Å². The van der Waals surface area contributed by atoms with E-state index in [-0.39, 0.29) is 12.6 Å². The van der Waals surface area contributed by atoms with Crippen LogP contribution < -0.4 is 5.73 Å². The van der Waals surface area contributed by atoms with Gasteiger partial charge in [0.15, 0.2) is 0 Å². The lowest BCUT2D eigenvalue weighted by atomic mass is 10.2. The largest absolute Gasteiger partial charge is 0.379 e. The SMILES string of the molecule is CC1COCCN1CC(F)(F)CN. The lowest BCUT2D eigenvalue weighted by Gasteiger charge is -2.35. The van der Waals surface area contributed by atoms with E-state index in [4.69, 9.17) is 10.5 Å². The van der Waals surface area contributed by atoms with E-state index in [0.717, 1.165) is 0 Å². The number of halogens is 2. The van der Waals surface area contributed by atoms with Gasteiger partial charge in [-0.15, -0.1) is 0 Å². The van der Waals surface area contributed by atoms with Crippen molar-refractivity contribution in [2.75, 3.05) is 32.8 Å². The van der Waals surface area contributed by atoms with E-state index in [1.165, 1.54) is 0 Å². The van der Waals surface area contributed by atoms with E-state index in [2.05, 4.69) is 0 Å². The van der Waals surface area contributed by atoms with E-state index >= 15 is 0 Å². The van der Waals surface area contributed by atoms with Crippen LogP contribution in [-0.2, 0) is 4.74 Å². The molecule has 13 heavy (non-hydrogen) atoms. The summed E-state index contributed by atoms with van der Waals surface area (Å²) in [7, 11) is 0. The number of nitrogens with two attached hydrogens (primary N) is 1. The molecule has 3 nitrogen and oxygen atoms in total. The molecule has 1 fully saturated rings. The smallest absolute Gasteiger partial charge is 0.272 e. The Kier molecular flexibility index (Phi) is 3.58. The zero-order valence-corrected chi connectivity index (χ0v) is 7.80. The topological polar surface area (TPSA) is 38.5 Å². The Hall–Kier alpha value is -0.260. The van der Waals surface area contributed by atoms with Crippen LogP contribution in [0.4, 0.5) is 8.78 Å². The summed E-state index contributed by atoms with van der Waals surface area (Å²) < 4.78 is 30.9. The van der Waals surface area contributed by atoms with Crippen LogP contribution in [0.3, 0.4) is 0 Å². The number of rotatable bonds is 3. The molecular weight excluding hydrogens is 178 g/mol. The second-order valence-electron chi connectivity index (χ2n) is 3.45. The van der Waals surface area contributed by atoms with Crippen LogP contribution in [0.1, 0.15) is 6.92 Å². The quantitative estimate of drug-likeness (QED) is 0.702. The average molecular weight is 194 g/mol. The normalized spacial score (nSPS) is 26.3. The van der Waals surface area contributed by atoms with Gasteiger partial charge >= 0.3 is 0 Å². The van der Waals surface area contributed by atoms with Crippen molar-refractivity contribution < 1.29 is 13.5 Å². The molecule has 1 saturated heterocycles. The van der Waals surface area contributed by atoms with Crippen molar-refractivity contribution in [3.63, 3.8) is 0 Å². The summed E-state index contributed by atoms with van der Waals surface area (Å²) >= 11 is 0. The molecule has 0 aliphatic carbocycles. The Balaban J connectivity index is 2.42. The minimum atomic E-state index is -2.77. The molecule has 78 valence electrons. The van der Waals surface area contributed by atoms with Crippen LogP contribution in [0.25, 0.3) is 0 Å². The highest BCUT2D eigenvalue weighted by molar-refractivity contribution is 4.78. The number of alkyl halides is 2. The fourth-order valence-corrected chi connectivity index (χ4v) is 1.36. The Morgan fingerprint density at radius 3 is 2.85 bits per heavy atom. The van der Waals surface area contributed by atoms with Crippen LogP contribution in [-0.4, -0.2) is 49.7 Å². The molecule has 2 N–H and O–H groups in total. The molecule has 1 aliphatic rings. The van der Waals surface area contributed by atoms with Gasteiger partial charge in [0.05, 0.1) is 26.3 Å². The van der Waals surface area contributed by atoms with Crippen molar-refractivity contribution in [2.24, 2.45) is 5.73 Å². The maximum absolute atomic E-state index is 12.9. The van der Waals surface area contributed by atoms with E-state index in [0.29, 0.717) is 19.8 Å². The zero-order chi connectivity index (χ0) is 9.90. The monoisotopic (exact) mass is 194 g/mol. The Bertz CT molecular complexity index is 166. The van der Waals surface area contributed by atoms with Gasteiger partial charge in [-0.1, -0.05) is 0 Å².